The SMILES string of the molecule is CCCC[C@H]1C(=O)N[C@@H](CCC(N)=O)C(=O)N2CCCC[C@@H]2C(=O)N[C@H](Cc2c[nH]c3ccccc23)C(=O)N[C@@H](Cc2ccc(O)cc2)C(=O)N[C@@H](CCCN)C(=O)N[C@H](C(=O)NCC(N)=O)CSCC(=O)N[C@@H](Cc2ccc(F)cc2)C(=O)N(C)[C@@H](Cc2ccccc2)C(=O)N(C)[C@@H](CCCC)C(=O)N2CCC[C@@H]2C(=O)N[C@@H](CC(=O)O)C(=O)N[C@@H](C(C)C)C(=O)N1C. The summed E-state index contributed by atoms with van der Waals surface area (Å²) in [6.45, 7) is 5.91. The number of hydrogen-bond acceptors (Lipinski definition) is 20. The van der Waals surface area contributed by atoms with Gasteiger partial charge >= 0.3 is 5.97 Å². The van der Waals surface area contributed by atoms with E-state index in [0.29, 0.717) is 71.7 Å². The predicted octanol–water partition coefficient (Wildman–Crippen LogP) is 0.878. The van der Waals surface area contributed by atoms with E-state index < -0.39 is 228 Å². The lowest BCUT2D eigenvalue weighted by Crippen LogP contribution is -2.62. The summed E-state index contributed by atoms with van der Waals surface area (Å²) >= 11 is 0.774. The van der Waals surface area contributed by atoms with Gasteiger partial charge in [-0.15, -0.1) is 11.8 Å². The average molecular weight is 1810 g/mol. The number of phenolic OH excluding ortho intramolecular Hbond substituents is 1. The third-order valence-corrected chi connectivity index (χ3v) is 24.4. The number of nitrogens with two attached hydrogens (primary N) is 3. The van der Waals surface area contributed by atoms with Gasteiger partial charge in [-0.3, -0.25) is 81.5 Å². The van der Waals surface area contributed by atoms with Crippen LogP contribution in [0, 0.1) is 11.7 Å². The Bertz CT molecular complexity index is 4780. The molecule has 3 fully saturated rings. The number of piperidine rings is 1. The molecule has 3 aliphatic rings. The third-order valence-electron chi connectivity index (χ3n) is 23.4. The van der Waals surface area contributed by atoms with E-state index in [4.69, 9.17) is 17.2 Å². The first kappa shape index (κ1) is 102. The fraction of sp³-hybridized carbons (Fsp3) is 0.522. The van der Waals surface area contributed by atoms with E-state index in [-0.39, 0.29) is 96.0 Å². The van der Waals surface area contributed by atoms with E-state index >= 15 is 43.2 Å². The summed E-state index contributed by atoms with van der Waals surface area (Å²) < 4.78 is 14.6. The van der Waals surface area contributed by atoms with Crippen molar-refractivity contribution in [1.82, 2.24) is 77.3 Å². The second-order valence-electron chi connectivity index (χ2n) is 33.3. The number of amides is 16. The number of carbonyl (C=O) groups excluding carboxylic acids is 16. The molecule has 3 saturated heterocycles. The van der Waals surface area contributed by atoms with Gasteiger partial charge in [-0.25, -0.2) is 4.39 Å². The van der Waals surface area contributed by atoms with Crippen molar-refractivity contribution in [3.63, 3.8) is 0 Å². The number of hydrogen-bond donors (Lipinski definition) is 15. The smallest absolute Gasteiger partial charge is 0.305 e. The number of aliphatic carboxylic acids is 1. The summed E-state index contributed by atoms with van der Waals surface area (Å²) in [5.41, 5.74) is 19.6. The van der Waals surface area contributed by atoms with Gasteiger partial charge in [0.25, 0.3) is 0 Å². The van der Waals surface area contributed by atoms with E-state index in [0.717, 1.165) is 33.7 Å². The molecule has 0 radical (unpaired) electrons. The second kappa shape index (κ2) is 49.7. The van der Waals surface area contributed by atoms with Gasteiger partial charge < -0.3 is 105 Å². The van der Waals surface area contributed by atoms with E-state index in [2.05, 4.69) is 52.8 Å². The van der Waals surface area contributed by atoms with Crippen LogP contribution in [0.25, 0.3) is 10.9 Å². The van der Waals surface area contributed by atoms with Gasteiger partial charge in [0.1, 0.15) is 90.1 Å². The number of aromatic hydroxyl groups is 1. The minimum Gasteiger partial charge on any atom is -0.508 e. The fourth-order valence-corrected chi connectivity index (χ4v) is 16.9. The number of aromatic amines is 1. The number of nitrogens with zero attached hydrogens (tertiary/aromatic N) is 5. The molecule has 1 aromatic heterocycles. The van der Waals surface area contributed by atoms with Crippen molar-refractivity contribution in [3.8, 4) is 5.75 Å². The summed E-state index contributed by atoms with van der Waals surface area (Å²) in [5, 5.41) is 45.3. The number of nitrogens with one attached hydrogen (secondary N) is 10. The van der Waals surface area contributed by atoms with E-state index in [1.165, 1.54) is 72.2 Å². The number of carboxylic acid groups (broad SMARTS) is 1. The number of rotatable bonds is 26. The van der Waals surface area contributed by atoms with Gasteiger partial charge in [-0.1, -0.05) is 126 Å². The van der Waals surface area contributed by atoms with Crippen molar-refractivity contribution in [1.29, 1.82) is 0 Å². The number of thioether (sulfide) groups is 1. The Balaban J connectivity index is 1.22. The van der Waals surface area contributed by atoms with Crippen molar-refractivity contribution < 1.29 is 96.1 Å². The molecular weight excluding hydrogens is 1690 g/mol. The lowest BCUT2D eigenvalue weighted by molar-refractivity contribution is -0.152. The number of halogens is 1. The minimum absolute atomic E-state index is 0.00136. The molecule has 129 heavy (non-hydrogen) atoms. The molecule has 37 nitrogen and oxygen atoms in total. The quantitative estimate of drug-likeness (QED) is 0.0365. The van der Waals surface area contributed by atoms with Gasteiger partial charge in [0, 0.05) is 89.2 Å². The summed E-state index contributed by atoms with van der Waals surface area (Å²) in [4.78, 5) is 258. The zero-order chi connectivity index (χ0) is 94.3. The maximum absolute atomic E-state index is 15.7. The molecule has 8 rings (SSSR count). The molecule has 0 saturated carbocycles. The van der Waals surface area contributed by atoms with Crippen LogP contribution in [0.15, 0.2) is 109 Å². The Morgan fingerprint density at radius 2 is 1.05 bits per heavy atom. The Labute approximate surface area is 752 Å². The van der Waals surface area contributed by atoms with Crippen LogP contribution in [-0.4, -0.2) is 278 Å². The average Bonchev–Trinajstić information content (AvgIpc) is 1.69. The van der Waals surface area contributed by atoms with Crippen LogP contribution in [0.2, 0.25) is 0 Å². The minimum atomic E-state index is -1.90. The van der Waals surface area contributed by atoms with Crippen molar-refractivity contribution in [2.24, 2.45) is 23.1 Å². The lowest BCUT2D eigenvalue weighted by Gasteiger charge is -2.38. The number of aromatic nitrogens is 1. The molecule has 3 aliphatic heterocycles. The largest absolute Gasteiger partial charge is 0.508 e. The molecule has 13 atom stereocenters. The van der Waals surface area contributed by atoms with Gasteiger partial charge in [-0.05, 0) is 129 Å². The number of fused-ring (bicyclic) bond motifs is 3. The number of primary amides is 2. The van der Waals surface area contributed by atoms with Crippen LogP contribution in [-0.2, 0) is 107 Å². The maximum Gasteiger partial charge on any atom is 0.305 e. The fourth-order valence-electron chi connectivity index (χ4n) is 16.1. The monoisotopic (exact) mass is 1810 g/mol. The Kier molecular flexibility index (Phi) is 39.2. The third kappa shape index (κ3) is 29.5. The summed E-state index contributed by atoms with van der Waals surface area (Å²) in [6.07, 6.45) is 1.10. The highest BCUT2D eigenvalue weighted by Gasteiger charge is 2.46. The van der Waals surface area contributed by atoms with E-state index in [9.17, 15) is 53.0 Å². The Morgan fingerprint density at radius 1 is 0.512 bits per heavy atom. The molecule has 700 valence electrons. The first-order valence-electron chi connectivity index (χ1n) is 43.8. The van der Waals surface area contributed by atoms with Crippen molar-refractivity contribution in [2.45, 2.75) is 235 Å². The number of para-hydroxylation sites is 1. The molecule has 0 spiro atoms. The number of carbonyl (C=O) groups is 17. The molecule has 16 amide bonds. The van der Waals surface area contributed by atoms with Crippen molar-refractivity contribution in [2.75, 3.05) is 58.8 Å². The molecule has 39 heteroatoms. The Morgan fingerprint density at radius 3 is 1.67 bits per heavy atom. The number of unbranched alkanes of at least 4 members (excludes halogenated alkanes) is 2. The molecule has 4 aromatic carbocycles. The van der Waals surface area contributed by atoms with Crippen LogP contribution in [0.3, 0.4) is 0 Å². The lowest BCUT2D eigenvalue weighted by atomic mass is 9.97. The van der Waals surface area contributed by atoms with Crippen molar-refractivity contribution >= 4 is 123 Å². The highest BCUT2D eigenvalue weighted by molar-refractivity contribution is 8.00. The molecule has 18 N–H and O–H groups in total. The number of likely N-dealkylation sites (N-methyl/N-ethyl adjacent to an activating group) is 3. The van der Waals surface area contributed by atoms with Crippen LogP contribution < -0.4 is 65.1 Å². The molecular formula is C90H123FN18O19S. The highest BCUT2D eigenvalue weighted by atomic mass is 32.2. The summed E-state index contributed by atoms with van der Waals surface area (Å²) in [7, 11) is 3.98. The normalized spacial score (nSPS) is 24.0. The standard InChI is InChI=1S/C90H123FN18O19S/c1-8-10-26-68-83(121)99-62(38-39-73(93)111)87(125)108-41-18-17-28-69(108)84(122)101-64(46-56-48-95-60-24-16-15-23-59(56)60)81(119)100-63(43-55-32-36-58(110)37-33-55)80(118)98-61(25-19-40-92)79(117)103-67(78(116)96-49-74(94)112)50-129-51-75(113)97-66(44-54-30-34-57(91)35-31-54)86(124)107(7)72(45-53-21-13-12-14-22-53)88(126)106(6)71(27-11-9-2)89(127)109-42-20-29-70(109)85(123)102-65(47-76(114)115)82(120)104-77(52(3)4)90(128)105(68)5/h12-16,21-24,30-37,48,52,61-72,77,95,110H,8-11,17-20,25-29,38-47,49-51,92H2,1-7H3,(H2,93,111)(H2,94,112)(H,96,116)(H,97,113)(H,98,118)(H,99,121)(H,100,119)(H,101,122)(H,102,123)(H,103,117)(H,104,120)(H,114,115)/t61-,62-,63-,64+,65-,66-,67-,68-,69+,70+,71-,72-,77-/m0/s1. The second-order valence-corrected chi connectivity index (χ2v) is 34.3. The molecule has 0 bridgehead atoms. The van der Waals surface area contributed by atoms with Crippen LogP contribution in [0.4, 0.5) is 4.39 Å². The number of H-pyrrole nitrogens is 1. The zero-order valence-electron chi connectivity index (χ0n) is 73.9. The number of benzene rings is 4. The highest BCUT2D eigenvalue weighted by Crippen LogP contribution is 2.28. The first-order chi connectivity index (χ1) is 61.5. The topological polar surface area (TPSA) is 549 Å². The maximum atomic E-state index is 15.7. The molecule has 5 aromatic rings. The van der Waals surface area contributed by atoms with Crippen molar-refractivity contribution in [3.05, 3.63) is 137 Å². The molecule has 4 heterocycles. The van der Waals surface area contributed by atoms with Gasteiger partial charge in [-0.2, -0.15) is 0 Å². The van der Waals surface area contributed by atoms with Gasteiger partial charge in [0.2, 0.25) is 94.5 Å². The van der Waals surface area contributed by atoms with Crippen LogP contribution >= 0.6 is 11.8 Å². The Hall–Kier alpha value is -12.6. The molecule has 0 unspecified atom stereocenters. The zero-order valence-corrected chi connectivity index (χ0v) is 74.8. The number of carboxylic acids is 1. The first-order valence-corrected chi connectivity index (χ1v) is 45.0. The molecule has 0 aliphatic carbocycles. The summed E-state index contributed by atoms with van der Waals surface area (Å²) in [5.74, 6) is -18.6. The van der Waals surface area contributed by atoms with Crippen LogP contribution in [0.1, 0.15) is 153 Å². The van der Waals surface area contributed by atoms with Gasteiger partial charge in [0.05, 0.1) is 18.7 Å². The van der Waals surface area contributed by atoms with Crippen LogP contribution in [0.5, 0.6) is 5.75 Å². The van der Waals surface area contributed by atoms with Gasteiger partial charge in [0.15, 0.2) is 0 Å². The van der Waals surface area contributed by atoms with E-state index in [1.807, 2.05) is 13.8 Å². The van der Waals surface area contributed by atoms with E-state index in [1.54, 1.807) is 74.6 Å². The number of phenols is 1. The summed E-state index contributed by atoms with van der Waals surface area (Å²) in [6, 6.07) is 6.37. The predicted molar refractivity (Wildman–Crippen MR) is 476 cm³/mol.